The van der Waals surface area contributed by atoms with Crippen molar-refractivity contribution in [3.8, 4) is 0 Å². The average Bonchev–Trinajstić information content (AvgIpc) is 3.36. The van der Waals surface area contributed by atoms with Gasteiger partial charge in [0.25, 0.3) is 0 Å². The number of fused-ring (bicyclic) bond motifs is 2. The first-order valence-electron chi connectivity index (χ1n) is 13.4. The summed E-state index contributed by atoms with van der Waals surface area (Å²) in [5, 5.41) is 3.33. The van der Waals surface area contributed by atoms with Gasteiger partial charge in [-0.15, -0.1) is 0 Å². The maximum Gasteiger partial charge on any atom is 0.189 e. The second-order valence-electron chi connectivity index (χ2n) is 11.1. The molecule has 1 heterocycles. The molecular weight excluding hydrogens is 525 g/mol. The molecule has 0 bridgehead atoms. The summed E-state index contributed by atoms with van der Waals surface area (Å²) >= 11 is 12.4. The highest BCUT2D eigenvalue weighted by Crippen LogP contribution is 2.67. The zero-order chi connectivity index (χ0) is 26.9. The summed E-state index contributed by atoms with van der Waals surface area (Å²) in [7, 11) is 2.02. The number of halogens is 2. The van der Waals surface area contributed by atoms with E-state index in [1.54, 1.807) is 0 Å². The van der Waals surface area contributed by atoms with Crippen LogP contribution in [0.25, 0.3) is 16.8 Å². The van der Waals surface area contributed by atoms with E-state index in [-0.39, 0.29) is 17.5 Å². The van der Waals surface area contributed by atoms with Gasteiger partial charge in [-0.2, -0.15) is 0 Å². The van der Waals surface area contributed by atoms with Crippen LogP contribution in [0.1, 0.15) is 52.2 Å². The van der Waals surface area contributed by atoms with Crippen LogP contribution in [0.15, 0.2) is 90.5 Å². The van der Waals surface area contributed by atoms with Crippen LogP contribution in [0, 0.1) is 5.41 Å². The third-order valence-corrected chi connectivity index (χ3v) is 9.84. The first-order chi connectivity index (χ1) is 18.9. The van der Waals surface area contributed by atoms with E-state index in [0.29, 0.717) is 35.0 Å². The van der Waals surface area contributed by atoms with Crippen molar-refractivity contribution in [3.05, 3.63) is 123 Å². The smallest absolute Gasteiger partial charge is 0.189 e. The number of hydrogen-bond acceptors (Lipinski definition) is 3. The van der Waals surface area contributed by atoms with Gasteiger partial charge in [-0.3, -0.25) is 14.5 Å². The number of carbonyl (C=O) groups is 2. The van der Waals surface area contributed by atoms with Crippen molar-refractivity contribution < 1.29 is 9.59 Å². The van der Waals surface area contributed by atoms with Crippen molar-refractivity contribution >= 4 is 51.6 Å². The second-order valence-corrected chi connectivity index (χ2v) is 12.0. The molecular formula is C34H27Cl2NO2. The molecule has 0 amide bonds. The second kappa shape index (κ2) is 8.89. The van der Waals surface area contributed by atoms with Gasteiger partial charge < -0.3 is 0 Å². The number of likely N-dealkylation sites (tertiary alicyclic amines) is 1. The van der Waals surface area contributed by atoms with Crippen molar-refractivity contribution in [2.75, 3.05) is 13.6 Å². The fourth-order valence-electron chi connectivity index (χ4n) is 7.86. The number of carbonyl (C=O) groups excluding carboxylic acids is 2. The minimum atomic E-state index is -1.09. The Hall–Kier alpha value is -3.24. The molecule has 0 unspecified atom stereocenters. The first kappa shape index (κ1) is 24.8. The molecule has 3 atom stereocenters. The first-order valence-corrected chi connectivity index (χ1v) is 14.2. The number of rotatable bonds is 2. The van der Waals surface area contributed by atoms with Gasteiger partial charge >= 0.3 is 0 Å². The van der Waals surface area contributed by atoms with Crippen LogP contribution in [0.4, 0.5) is 0 Å². The zero-order valence-corrected chi connectivity index (χ0v) is 23.1. The monoisotopic (exact) mass is 551 g/mol. The van der Waals surface area contributed by atoms with Crippen LogP contribution in [-0.2, 0) is 10.3 Å². The zero-order valence-electron chi connectivity index (χ0n) is 21.6. The molecule has 0 radical (unpaired) electrons. The van der Waals surface area contributed by atoms with Gasteiger partial charge in [0.2, 0.25) is 0 Å². The Labute approximate surface area is 238 Å². The van der Waals surface area contributed by atoms with Crippen LogP contribution < -0.4 is 0 Å². The number of ketones is 2. The Morgan fingerprint density at radius 2 is 1.51 bits per heavy atom. The predicted molar refractivity (Wildman–Crippen MR) is 157 cm³/mol. The van der Waals surface area contributed by atoms with Gasteiger partial charge in [-0.1, -0.05) is 83.9 Å². The fraction of sp³-hybridized carbons (Fsp3) is 0.235. The van der Waals surface area contributed by atoms with E-state index in [2.05, 4.69) is 23.1 Å². The van der Waals surface area contributed by atoms with Gasteiger partial charge in [-0.05, 0) is 89.7 Å². The van der Waals surface area contributed by atoms with Crippen LogP contribution in [0.2, 0.25) is 10.0 Å². The molecule has 3 nitrogen and oxygen atoms in total. The van der Waals surface area contributed by atoms with Crippen LogP contribution in [-0.4, -0.2) is 30.1 Å². The molecule has 2 spiro atoms. The topological polar surface area (TPSA) is 37.4 Å². The molecule has 0 N–H and O–H groups in total. The molecule has 4 aromatic carbocycles. The predicted octanol–water partition coefficient (Wildman–Crippen LogP) is 8.09. The van der Waals surface area contributed by atoms with E-state index < -0.39 is 11.0 Å². The Balaban J connectivity index is 1.51. The average molecular weight is 553 g/mol. The van der Waals surface area contributed by atoms with Gasteiger partial charge in [0, 0.05) is 28.1 Å². The maximum absolute atomic E-state index is 15.1. The number of likely N-dealkylation sites (N-methyl/N-ethyl adjacent to an activating group) is 1. The normalized spacial score (nSPS) is 27.5. The van der Waals surface area contributed by atoms with Gasteiger partial charge in [-0.25, -0.2) is 0 Å². The van der Waals surface area contributed by atoms with E-state index in [4.69, 9.17) is 23.2 Å². The highest BCUT2D eigenvalue weighted by atomic mass is 35.5. The number of benzene rings is 4. The quantitative estimate of drug-likeness (QED) is 0.236. The molecule has 39 heavy (non-hydrogen) atoms. The minimum absolute atomic E-state index is 0.0364. The van der Waals surface area contributed by atoms with Gasteiger partial charge in [0.1, 0.15) is 5.54 Å². The largest absolute Gasteiger partial charge is 0.294 e. The molecule has 1 aliphatic heterocycles. The van der Waals surface area contributed by atoms with Crippen LogP contribution >= 0.6 is 23.2 Å². The highest BCUT2D eigenvalue weighted by molar-refractivity contribution is 6.31. The van der Waals surface area contributed by atoms with E-state index >= 15 is 4.79 Å². The highest BCUT2D eigenvalue weighted by Gasteiger charge is 2.73. The van der Waals surface area contributed by atoms with Crippen LogP contribution in [0.5, 0.6) is 0 Å². The van der Waals surface area contributed by atoms with Crippen molar-refractivity contribution in [2.24, 2.45) is 5.41 Å². The lowest BCUT2D eigenvalue weighted by Gasteiger charge is -2.49. The van der Waals surface area contributed by atoms with Gasteiger partial charge in [0.05, 0.1) is 5.41 Å². The summed E-state index contributed by atoms with van der Waals surface area (Å²) in [5.74, 6) is -0.0600. The lowest BCUT2D eigenvalue weighted by Crippen LogP contribution is -2.59. The van der Waals surface area contributed by atoms with E-state index in [1.807, 2.05) is 79.9 Å². The molecule has 5 heteroatoms. The Morgan fingerprint density at radius 1 is 0.846 bits per heavy atom. The maximum atomic E-state index is 15.1. The number of hydrogen-bond donors (Lipinski definition) is 0. The molecule has 4 aromatic rings. The van der Waals surface area contributed by atoms with E-state index in [1.165, 1.54) is 0 Å². The third-order valence-electron chi connectivity index (χ3n) is 9.33. The standard InChI is InChI=1S/C34H27Cl2NO2/c1-37-20-29(22-12-16-26(36)17-13-22)33(18-4-7-24(31(33)38)19-21-10-14-25(35)15-11-21)34(37)28-9-3-6-23-5-2-8-27(30(23)28)32(34)39/h2-3,5-6,8-17,19,29H,4,7,18,20H2,1H3/b24-19+/t29-,33+,34+/m1/s1. The number of allylic oxidation sites excluding steroid dienone is 1. The SMILES string of the molecule is CN1C[C@H](c2ccc(Cl)cc2)[C@]2(CCC/C(=C\c3ccc(Cl)cc3)C2=O)[C@]12C(=O)c1cccc3cccc2c13. The Kier molecular flexibility index (Phi) is 5.65. The summed E-state index contributed by atoms with van der Waals surface area (Å²) in [6.07, 6.45) is 4.14. The molecule has 1 saturated heterocycles. The Morgan fingerprint density at radius 3 is 2.23 bits per heavy atom. The summed E-state index contributed by atoms with van der Waals surface area (Å²) in [5.41, 5.74) is 2.38. The fourth-order valence-corrected chi connectivity index (χ4v) is 8.11. The molecule has 194 valence electrons. The number of nitrogens with zero attached hydrogens (tertiary/aromatic N) is 1. The molecule has 1 saturated carbocycles. The van der Waals surface area contributed by atoms with Crippen molar-refractivity contribution in [1.82, 2.24) is 4.90 Å². The Bertz CT molecular complexity index is 1690. The summed E-state index contributed by atoms with van der Waals surface area (Å²) < 4.78 is 0. The lowest BCUT2D eigenvalue weighted by molar-refractivity contribution is -0.132. The van der Waals surface area contributed by atoms with Crippen molar-refractivity contribution in [2.45, 2.75) is 30.7 Å². The van der Waals surface area contributed by atoms with Crippen molar-refractivity contribution in [1.29, 1.82) is 0 Å². The molecule has 7 rings (SSSR count). The van der Waals surface area contributed by atoms with Crippen molar-refractivity contribution in [3.63, 3.8) is 0 Å². The van der Waals surface area contributed by atoms with E-state index in [0.717, 1.165) is 39.5 Å². The third kappa shape index (κ3) is 3.27. The molecule has 2 aliphatic carbocycles. The summed E-state index contributed by atoms with van der Waals surface area (Å²) in [6.45, 7) is 0.595. The number of Topliss-reactive ketones (excluding diaryl/α,β-unsaturated/α-hetero) is 2. The summed E-state index contributed by atoms with van der Waals surface area (Å²) in [4.78, 5) is 32.1. The molecule has 2 fully saturated rings. The van der Waals surface area contributed by atoms with Gasteiger partial charge in [0.15, 0.2) is 11.6 Å². The van der Waals surface area contributed by atoms with Crippen LogP contribution in [0.3, 0.4) is 0 Å². The molecule has 0 aromatic heterocycles. The molecule has 3 aliphatic rings. The lowest BCUT2D eigenvalue weighted by atomic mass is 9.53. The minimum Gasteiger partial charge on any atom is -0.294 e. The summed E-state index contributed by atoms with van der Waals surface area (Å²) in [6, 6.07) is 27.5. The van der Waals surface area contributed by atoms with E-state index in [9.17, 15) is 4.79 Å².